The Labute approximate surface area is 184 Å². The summed E-state index contributed by atoms with van der Waals surface area (Å²) in [6.45, 7) is 3.03. The standard InChI is InChI=1S/C22H25FN4O3S/c23-12-18-20(25-22(31-18)24-19(28)13-26-7-9-30-10-8-26)16-3-4-17-15(11-16)5-6-27(17)21(29)14-1-2-14/h3-4,11,14H,1-2,5-10,12-13H2,(H,24,25,28). The fourth-order valence-electron chi connectivity index (χ4n) is 4.17. The minimum atomic E-state index is -0.643. The van der Waals surface area contributed by atoms with Gasteiger partial charge in [0.2, 0.25) is 11.8 Å². The zero-order valence-electron chi connectivity index (χ0n) is 17.2. The van der Waals surface area contributed by atoms with Gasteiger partial charge in [-0.3, -0.25) is 14.5 Å². The Balaban J connectivity index is 1.31. The van der Waals surface area contributed by atoms with Gasteiger partial charge in [0.1, 0.15) is 6.67 Å². The fraction of sp³-hybridized carbons (Fsp3) is 0.500. The van der Waals surface area contributed by atoms with E-state index in [9.17, 15) is 14.0 Å². The molecular weight excluding hydrogens is 419 g/mol. The molecule has 0 radical (unpaired) electrons. The third-order valence-electron chi connectivity index (χ3n) is 5.98. The van der Waals surface area contributed by atoms with Crippen molar-refractivity contribution in [2.45, 2.75) is 25.9 Å². The van der Waals surface area contributed by atoms with Crippen LogP contribution in [0.2, 0.25) is 0 Å². The van der Waals surface area contributed by atoms with Crippen LogP contribution in [0.1, 0.15) is 23.3 Å². The molecule has 9 heteroatoms. The van der Waals surface area contributed by atoms with E-state index in [4.69, 9.17) is 4.74 Å². The molecule has 3 heterocycles. The minimum Gasteiger partial charge on any atom is -0.379 e. The van der Waals surface area contributed by atoms with Crippen molar-refractivity contribution in [3.05, 3.63) is 28.6 Å². The number of fused-ring (bicyclic) bond motifs is 1. The average Bonchev–Trinajstić information content (AvgIpc) is 3.42. The van der Waals surface area contributed by atoms with Gasteiger partial charge in [0, 0.05) is 36.8 Å². The largest absolute Gasteiger partial charge is 0.379 e. The van der Waals surface area contributed by atoms with Gasteiger partial charge in [0.15, 0.2) is 5.13 Å². The Morgan fingerprint density at radius 1 is 1.23 bits per heavy atom. The number of thiazole rings is 1. The summed E-state index contributed by atoms with van der Waals surface area (Å²) >= 11 is 1.17. The van der Waals surface area contributed by atoms with E-state index in [0.717, 1.165) is 49.2 Å². The molecule has 31 heavy (non-hydrogen) atoms. The number of ether oxygens (including phenoxy) is 1. The van der Waals surface area contributed by atoms with Gasteiger partial charge in [-0.05, 0) is 37.0 Å². The Kier molecular flexibility index (Phi) is 5.73. The number of carbonyl (C=O) groups excluding carboxylic acids is 2. The van der Waals surface area contributed by atoms with E-state index in [-0.39, 0.29) is 24.3 Å². The number of rotatable bonds is 6. The first-order chi connectivity index (χ1) is 15.1. The maximum absolute atomic E-state index is 13.7. The summed E-state index contributed by atoms with van der Waals surface area (Å²) in [5.74, 6) is 0.247. The smallest absolute Gasteiger partial charge is 0.240 e. The third-order valence-corrected chi connectivity index (χ3v) is 6.91. The third kappa shape index (κ3) is 4.35. The first-order valence-electron chi connectivity index (χ1n) is 10.7. The highest BCUT2D eigenvalue weighted by atomic mass is 32.1. The SMILES string of the molecule is O=C(CN1CCOCC1)Nc1nc(-c2ccc3c(c2)CCN3C(=O)C2CC2)c(CF)s1. The van der Waals surface area contributed by atoms with E-state index in [0.29, 0.717) is 35.5 Å². The van der Waals surface area contributed by atoms with Gasteiger partial charge in [-0.2, -0.15) is 0 Å². The molecule has 1 aromatic heterocycles. The molecule has 1 aromatic carbocycles. The predicted molar refractivity (Wildman–Crippen MR) is 117 cm³/mol. The molecular formula is C22H25FN4O3S. The van der Waals surface area contributed by atoms with Gasteiger partial charge in [0.05, 0.1) is 30.3 Å². The van der Waals surface area contributed by atoms with Crippen molar-refractivity contribution in [1.82, 2.24) is 9.88 Å². The highest BCUT2D eigenvalue weighted by Crippen LogP contribution is 2.39. The molecule has 1 saturated heterocycles. The van der Waals surface area contributed by atoms with Crippen LogP contribution in [0.4, 0.5) is 15.2 Å². The number of carbonyl (C=O) groups is 2. The maximum atomic E-state index is 13.7. The van der Waals surface area contributed by atoms with Crippen molar-refractivity contribution >= 4 is 34.0 Å². The van der Waals surface area contributed by atoms with E-state index in [1.54, 1.807) is 0 Å². The lowest BCUT2D eigenvalue weighted by Crippen LogP contribution is -2.41. The monoisotopic (exact) mass is 444 g/mol. The lowest BCUT2D eigenvalue weighted by atomic mass is 10.1. The summed E-state index contributed by atoms with van der Waals surface area (Å²) in [5, 5.41) is 3.22. The van der Waals surface area contributed by atoms with Crippen LogP contribution in [0, 0.1) is 5.92 Å². The second-order valence-electron chi connectivity index (χ2n) is 8.22. The van der Waals surface area contributed by atoms with Gasteiger partial charge in [-0.15, -0.1) is 0 Å². The van der Waals surface area contributed by atoms with Crippen LogP contribution in [0.15, 0.2) is 18.2 Å². The van der Waals surface area contributed by atoms with Gasteiger partial charge in [-0.25, -0.2) is 9.37 Å². The molecule has 1 aliphatic carbocycles. The van der Waals surface area contributed by atoms with Crippen LogP contribution in [0.25, 0.3) is 11.3 Å². The van der Waals surface area contributed by atoms with Crippen LogP contribution in [0.3, 0.4) is 0 Å². The molecule has 1 saturated carbocycles. The highest BCUT2D eigenvalue weighted by molar-refractivity contribution is 7.16. The molecule has 2 amide bonds. The van der Waals surface area contributed by atoms with E-state index in [1.165, 1.54) is 11.3 Å². The van der Waals surface area contributed by atoms with Crippen molar-refractivity contribution in [2.24, 2.45) is 5.92 Å². The maximum Gasteiger partial charge on any atom is 0.240 e. The Bertz CT molecular complexity index is 1000. The van der Waals surface area contributed by atoms with E-state index >= 15 is 0 Å². The number of aromatic nitrogens is 1. The number of morpholine rings is 1. The number of benzene rings is 1. The molecule has 0 atom stereocenters. The molecule has 0 spiro atoms. The zero-order valence-corrected chi connectivity index (χ0v) is 18.0. The number of halogens is 1. The van der Waals surface area contributed by atoms with E-state index < -0.39 is 6.67 Å². The molecule has 164 valence electrons. The molecule has 7 nitrogen and oxygen atoms in total. The molecule has 3 aliphatic rings. The topological polar surface area (TPSA) is 74.8 Å². The van der Waals surface area contributed by atoms with Crippen molar-refractivity contribution in [2.75, 3.05) is 49.6 Å². The molecule has 2 aliphatic heterocycles. The molecule has 2 aromatic rings. The highest BCUT2D eigenvalue weighted by Gasteiger charge is 2.36. The Hall–Kier alpha value is -2.36. The minimum absolute atomic E-state index is 0.157. The lowest BCUT2D eigenvalue weighted by Gasteiger charge is -2.25. The van der Waals surface area contributed by atoms with Crippen LogP contribution < -0.4 is 10.2 Å². The van der Waals surface area contributed by atoms with Crippen molar-refractivity contribution in [3.8, 4) is 11.3 Å². The van der Waals surface area contributed by atoms with E-state index in [1.807, 2.05) is 28.0 Å². The first kappa shape index (κ1) is 20.5. The number of hydrogen-bond acceptors (Lipinski definition) is 6. The van der Waals surface area contributed by atoms with E-state index in [2.05, 4.69) is 10.3 Å². The number of nitrogens with zero attached hydrogens (tertiary/aromatic N) is 3. The van der Waals surface area contributed by atoms with Crippen LogP contribution in [-0.4, -0.2) is 61.1 Å². The van der Waals surface area contributed by atoms with Gasteiger partial charge < -0.3 is 15.0 Å². The summed E-state index contributed by atoms with van der Waals surface area (Å²) in [6, 6.07) is 5.84. The lowest BCUT2D eigenvalue weighted by molar-refractivity contribution is -0.120. The van der Waals surface area contributed by atoms with Crippen LogP contribution >= 0.6 is 11.3 Å². The molecule has 2 fully saturated rings. The summed E-state index contributed by atoms with van der Waals surface area (Å²) in [7, 11) is 0. The normalized spacial score (nSPS) is 18.8. The number of amides is 2. The first-order valence-corrected chi connectivity index (χ1v) is 11.5. The Morgan fingerprint density at radius 2 is 2.03 bits per heavy atom. The zero-order chi connectivity index (χ0) is 21.4. The Morgan fingerprint density at radius 3 is 2.77 bits per heavy atom. The second-order valence-corrected chi connectivity index (χ2v) is 9.30. The van der Waals surface area contributed by atoms with Gasteiger partial charge >= 0.3 is 0 Å². The number of alkyl halides is 1. The van der Waals surface area contributed by atoms with Crippen molar-refractivity contribution in [3.63, 3.8) is 0 Å². The number of anilines is 2. The van der Waals surface area contributed by atoms with Gasteiger partial charge in [-0.1, -0.05) is 17.4 Å². The average molecular weight is 445 g/mol. The van der Waals surface area contributed by atoms with Crippen LogP contribution in [0.5, 0.6) is 0 Å². The number of hydrogen-bond donors (Lipinski definition) is 1. The molecule has 0 bridgehead atoms. The molecule has 5 rings (SSSR count). The van der Waals surface area contributed by atoms with Crippen LogP contribution in [-0.2, 0) is 27.4 Å². The summed E-state index contributed by atoms with van der Waals surface area (Å²) < 4.78 is 19.0. The summed E-state index contributed by atoms with van der Waals surface area (Å²) in [6.07, 6.45) is 2.77. The van der Waals surface area contributed by atoms with Crippen molar-refractivity contribution < 1.29 is 18.7 Å². The number of nitrogens with one attached hydrogen (secondary N) is 1. The second kappa shape index (κ2) is 8.64. The summed E-state index contributed by atoms with van der Waals surface area (Å²) in [5.41, 5.74) is 3.42. The predicted octanol–water partition coefficient (Wildman–Crippen LogP) is 2.85. The summed E-state index contributed by atoms with van der Waals surface area (Å²) in [4.78, 5) is 33.8. The fourth-order valence-corrected chi connectivity index (χ4v) is 5.02. The molecule has 1 N–H and O–H groups in total. The quantitative estimate of drug-likeness (QED) is 0.742. The van der Waals surface area contributed by atoms with Gasteiger partial charge in [0.25, 0.3) is 0 Å². The van der Waals surface area contributed by atoms with Crippen molar-refractivity contribution in [1.29, 1.82) is 0 Å². The molecule has 0 unspecified atom stereocenters.